The van der Waals surface area contributed by atoms with E-state index in [1.54, 1.807) is 12.1 Å². The largest absolute Gasteiger partial charge is 0.506 e. The lowest BCUT2D eigenvalue weighted by Crippen LogP contribution is -1.88. The van der Waals surface area contributed by atoms with Gasteiger partial charge in [-0.1, -0.05) is 17.7 Å². The zero-order valence-electron chi connectivity index (χ0n) is 8.97. The lowest BCUT2D eigenvalue weighted by atomic mass is 10.2. The van der Waals surface area contributed by atoms with E-state index in [0.29, 0.717) is 11.4 Å². The van der Waals surface area contributed by atoms with Gasteiger partial charge in [-0.3, -0.25) is 0 Å². The van der Waals surface area contributed by atoms with Crippen molar-refractivity contribution >= 4 is 5.69 Å². The topological polar surface area (TPSA) is 55.5 Å². The van der Waals surface area contributed by atoms with Crippen LogP contribution < -0.4 is 10.5 Å². The fourth-order valence-electron chi connectivity index (χ4n) is 1.33. The molecule has 0 amide bonds. The van der Waals surface area contributed by atoms with Crippen LogP contribution in [0.3, 0.4) is 0 Å². The zero-order valence-corrected chi connectivity index (χ0v) is 8.97. The minimum atomic E-state index is 0.0320. The Morgan fingerprint density at radius 3 is 2.25 bits per heavy atom. The third-order valence-corrected chi connectivity index (χ3v) is 2.26. The second-order valence-electron chi connectivity index (χ2n) is 3.64. The number of anilines is 1. The Labute approximate surface area is 94.1 Å². The number of aromatic hydroxyl groups is 1. The van der Waals surface area contributed by atoms with Gasteiger partial charge in [-0.15, -0.1) is 0 Å². The summed E-state index contributed by atoms with van der Waals surface area (Å²) in [7, 11) is 0. The van der Waals surface area contributed by atoms with Gasteiger partial charge in [0.2, 0.25) is 0 Å². The second kappa shape index (κ2) is 4.14. The minimum absolute atomic E-state index is 0.0320. The maximum Gasteiger partial charge on any atom is 0.142 e. The molecule has 3 heteroatoms. The number of nitrogen functional groups attached to an aromatic ring is 1. The van der Waals surface area contributed by atoms with Gasteiger partial charge >= 0.3 is 0 Å². The Kier molecular flexibility index (Phi) is 2.68. The van der Waals surface area contributed by atoms with Crippen molar-refractivity contribution in [1.29, 1.82) is 0 Å². The number of benzene rings is 2. The third kappa shape index (κ3) is 2.25. The molecule has 0 saturated carbocycles. The van der Waals surface area contributed by atoms with Crippen LogP contribution in [0.2, 0.25) is 0 Å². The monoisotopic (exact) mass is 215 g/mol. The first-order chi connectivity index (χ1) is 7.65. The predicted molar refractivity (Wildman–Crippen MR) is 63.8 cm³/mol. The lowest BCUT2D eigenvalue weighted by molar-refractivity contribution is 0.457. The van der Waals surface area contributed by atoms with E-state index in [0.717, 1.165) is 5.75 Å². The number of hydrogen-bond donors (Lipinski definition) is 2. The number of nitrogens with two attached hydrogens (primary N) is 1. The number of phenols is 1. The van der Waals surface area contributed by atoms with E-state index in [2.05, 4.69) is 0 Å². The van der Waals surface area contributed by atoms with E-state index in [9.17, 15) is 5.11 Å². The second-order valence-corrected chi connectivity index (χ2v) is 3.64. The summed E-state index contributed by atoms with van der Waals surface area (Å²) in [5.74, 6) is 1.33. The minimum Gasteiger partial charge on any atom is -0.506 e. The van der Waals surface area contributed by atoms with Crippen LogP contribution in [0.1, 0.15) is 5.56 Å². The van der Waals surface area contributed by atoms with E-state index in [-0.39, 0.29) is 5.75 Å². The third-order valence-electron chi connectivity index (χ3n) is 2.26. The van der Waals surface area contributed by atoms with Gasteiger partial charge < -0.3 is 15.6 Å². The van der Waals surface area contributed by atoms with E-state index in [1.165, 1.54) is 11.6 Å². The molecule has 16 heavy (non-hydrogen) atoms. The van der Waals surface area contributed by atoms with Crippen LogP contribution in [0.4, 0.5) is 5.69 Å². The van der Waals surface area contributed by atoms with E-state index >= 15 is 0 Å². The van der Waals surface area contributed by atoms with Crippen molar-refractivity contribution in [2.45, 2.75) is 6.92 Å². The highest BCUT2D eigenvalue weighted by Gasteiger charge is 2.01. The first-order valence-corrected chi connectivity index (χ1v) is 4.98. The van der Waals surface area contributed by atoms with Crippen molar-refractivity contribution in [3.05, 3.63) is 48.0 Å². The summed E-state index contributed by atoms with van der Waals surface area (Å²) in [6.07, 6.45) is 0. The van der Waals surface area contributed by atoms with Crippen molar-refractivity contribution in [2.24, 2.45) is 0 Å². The molecule has 0 fully saturated rings. The maximum absolute atomic E-state index is 9.42. The van der Waals surface area contributed by atoms with E-state index < -0.39 is 0 Å². The van der Waals surface area contributed by atoms with Crippen molar-refractivity contribution in [3.8, 4) is 17.2 Å². The Morgan fingerprint density at radius 1 is 1.00 bits per heavy atom. The zero-order chi connectivity index (χ0) is 11.5. The lowest BCUT2D eigenvalue weighted by Gasteiger charge is -2.07. The number of phenolic OH excluding ortho intramolecular Hbond substituents is 1. The fourth-order valence-corrected chi connectivity index (χ4v) is 1.33. The van der Waals surface area contributed by atoms with Gasteiger partial charge in [0.05, 0.1) is 5.69 Å². The van der Waals surface area contributed by atoms with Crippen LogP contribution in [-0.2, 0) is 0 Å². The Hall–Kier alpha value is -2.16. The Bertz CT molecular complexity index is 492. The molecule has 0 unspecified atom stereocenters. The highest BCUT2D eigenvalue weighted by atomic mass is 16.5. The Balaban J connectivity index is 2.20. The van der Waals surface area contributed by atoms with Gasteiger partial charge in [-0.2, -0.15) is 0 Å². The standard InChI is InChI=1S/C13H13NO2/c1-9-2-4-10(5-3-9)16-11-6-7-12(14)13(15)8-11/h2-8,15H,14H2,1H3. The number of hydrogen-bond acceptors (Lipinski definition) is 3. The van der Waals surface area contributed by atoms with Gasteiger partial charge in [0.1, 0.15) is 17.2 Å². The molecule has 2 aromatic rings. The summed E-state index contributed by atoms with van der Waals surface area (Å²) >= 11 is 0. The highest BCUT2D eigenvalue weighted by molar-refractivity contribution is 5.55. The summed E-state index contributed by atoms with van der Waals surface area (Å²) in [5, 5.41) is 9.42. The average molecular weight is 215 g/mol. The van der Waals surface area contributed by atoms with Crippen LogP contribution >= 0.6 is 0 Å². The molecule has 0 radical (unpaired) electrons. The molecular formula is C13H13NO2. The van der Waals surface area contributed by atoms with E-state index in [4.69, 9.17) is 10.5 Å². The summed E-state index contributed by atoms with van der Waals surface area (Å²) in [5.41, 5.74) is 7.01. The summed E-state index contributed by atoms with van der Waals surface area (Å²) in [6.45, 7) is 2.01. The molecule has 0 aromatic heterocycles. The SMILES string of the molecule is Cc1ccc(Oc2ccc(N)c(O)c2)cc1. The number of aryl methyl sites for hydroxylation is 1. The Morgan fingerprint density at radius 2 is 1.62 bits per heavy atom. The maximum atomic E-state index is 9.42. The van der Waals surface area contributed by atoms with Gasteiger partial charge in [-0.25, -0.2) is 0 Å². The number of ether oxygens (including phenoxy) is 1. The number of rotatable bonds is 2. The molecule has 0 atom stereocenters. The molecule has 0 spiro atoms. The van der Waals surface area contributed by atoms with E-state index in [1.807, 2.05) is 31.2 Å². The molecule has 0 aliphatic carbocycles. The van der Waals surface area contributed by atoms with Crippen LogP contribution in [0.25, 0.3) is 0 Å². The van der Waals surface area contributed by atoms with Crippen LogP contribution in [0.15, 0.2) is 42.5 Å². The molecule has 3 nitrogen and oxygen atoms in total. The molecule has 0 aliphatic rings. The van der Waals surface area contributed by atoms with Gasteiger partial charge in [-0.05, 0) is 31.2 Å². The van der Waals surface area contributed by atoms with Gasteiger partial charge in [0.15, 0.2) is 0 Å². The van der Waals surface area contributed by atoms with Crippen LogP contribution in [-0.4, -0.2) is 5.11 Å². The average Bonchev–Trinajstić information content (AvgIpc) is 2.27. The van der Waals surface area contributed by atoms with Crippen LogP contribution in [0, 0.1) is 6.92 Å². The molecule has 2 aromatic carbocycles. The molecular weight excluding hydrogens is 202 g/mol. The van der Waals surface area contributed by atoms with Crippen molar-refractivity contribution in [1.82, 2.24) is 0 Å². The molecule has 0 heterocycles. The first-order valence-electron chi connectivity index (χ1n) is 4.98. The molecule has 2 rings (SSSR count). The predicted octanol–water partition coefficient (Wildman–Crippen LogP) is 3.08. The smallest absolute Gasteiger partial charge is 0.142 e. The molecule has 0 bridgehead atoms. The summed E-state index contributed by atoms with van der Waals surface area (Å²) in [6, 6.07) is 12.5. The molecule has 0 aliphatic heterocycles. The molecule has 3 N–H and O–H groups in total. The van der Waals surface area contributed by atoms with Gasteiger partial charge in [0, 0.05) is 6.07 Å². The summed E-state index contributed by atoms with van der Waals surface area (Å²) < 4.78 is 5.55. The van der Waals surface area contributed by atoms with Crippen molar-refractivity contribution < 1.29 is 9.84 Å². The first kappa shape index (κ1) is 10.4. The molecule has 82 valence electrons. The molecule has 0 saturated heterocycles. The summed E-state index contributed by atoms with van der Waals surface area (Å²) in [4.78, 5) is 0. The van der Waals surface area contributed by atoms with Crippen LogP contribution in [0.5, 0.6) is 17.2 Å². The quantitative estimate of drug-likeness (QED) is 0.598. The van der Waals surface area contributed by atoms with Crippen molar-refractivity contribution in [3.63, 3.8) is 0 Å². The van der Waals surface area contributed by atoms with Gasteiger partial charge in [0.25, 0.3) is 0 Å². The highest BCUT2D eigenvalue weighted by Crippen LogP contribution is 2.28. The normalized spacial score (nSPS) is 10.1. The fraction of sp³-hybridized carbons (Fsp3) is 0.0769. The van der Waals surface area contributed by atoms with Crippen molar-refractivity contribution in [2.75, 3.05) is 5.73 Å².